The first kappa shape index (κ1) is 26.4. The quantitative estimate of drug-likeness (QED) is 0.269. The van der Waals surface area contributed by atoms with E-state index in [2.05, 4.69) is 13.8 Å². The van der Waals surface area contributed by atoms with E-state index >= 15 is 0 Å². The van der Waals surface area contributed by atoms with Crippen LogP contribution in [0.3, 0.4) is 0 Å². The summed E-state index contributed by atoms with van der Waals surface area (Å²) in [5, 5.41) is 1.97. The van der Waals surface area contributed by atoms with Crippen molar-refractivity contribution in [1.29, 1.82) is 0 Å². The second-order valence-electron chi connectivity index (χ2n) is 9.18. The van der Waals surface area contributed by atoms with Crippen LogP contribution in [-0.4, -0.2) is 22.2 Å². The average Bonchev–Trinajstić information content (AvgIpc) is 3.17. The van der Waals surface area contributed by atoms with Crippen molar-refractivity contribution < 1.29 is 14.3 Å². The van der Waals surface area contributed by atoms with E-state index in [-0.39, 0.29) is 17.5 Å². The minimum Gasteiger partial charge on any atom is -0.480 e. The van der Waals surface area contributed by atoms with E-state index in [0.29, 0.717) is 34.2 Å². The third-order valence-electron chi connectivity index (χ3n) is 5.71. The molecule has 1 heterocycles. The summed E-state index contributed by atoms with van der Waals surface area (Å²) in [4.78, 5) is 30.7. The number of rotatable bonds is 9. The average molecular weight is 519 g/mol. The van der Waals surface area contributed by atoms with E-state index in [1.165, 1.54) is 6.92 Å². The van der Waals surface area contributed by atoms with Gasteiger partial charge in [-0.15, -0.1) is 11.3 Å². The van der Waals surface area contributed by atoms with Crippen molar-refractivity contribution in [3.05, 3.63) is 68.1 Å². The van der Waals surface area contributed by atoms with Gasteiger partial charge in [0.15, 0.2) is 17.2 Å². The summed E-state index contributed by atoms with van der Waals surface area (Å²) >= 11 is 14.0. The van der Waals surface area contributed by atoms with E-state index in [1.807, 2.05) is 19.1 Å². The van der Waals surface area contributed by atoms with Gasteiger partial charge in [-0.05, 0) is 82.0 Å². The van der Waals surface area contributed by atoms with Gasteiger partial charge in [0.2, 0.25) is 0 Å². The number of carbonyl (C=O) groups is 2. The van der Waals surface area contributed by atoms with Crippen LogP contribution in [0.2, 0.25) is 10.0 Å². The Morgan fingerprint density at radius 1 is 1.12 bits per heavy atom. The highest BCUT2D eigenvalue weighted by atomic mass is 35.5. The molecule has 2 aromatic carbocycles. The number of nitrogens with zero attached hydrogens (tertiary/aromatic N) is 1. The Morgan fingerprint density at radius 2 is 1.82 bits per heavy atom. The van der Waals surface area contributed by atoms with Crippen molar-refractivity contribution in [2.24, 2.45) is 0 Å². The van der Waals surface area contributed by atoms with Crippen molar-refractivity contribution in [1.82, 2.24) is 4.98 Å². The molecule has 7 heteroatoms. The number of halogens is 2. The Morgan fingerprint density at radius 3 is 2.41 bits per heavy atom. The maximum Gasteiger partial charge on any atom is 0.172 e. The van der Waals surface area contributed by atoms with E-state index in [9.17, 15) is 9.59 Å². The molecule has 0 radical (unpaired) electrons. The zero-order valence-electron chi connectivity index (χ0n) is 20.3. The monoisotopic (exact) mass is 517 g/mol. The zero-order valence-corrected chi connectivity index (χ0v) is 22.6. The Hall–Kier alpha value is -2.21. The molecule has 1 aromatic heterocycles. The Kier molecular flexibility index (Phi) is 8.22. The number of ether oxygens (including phenoxy) is 1. The van der Waals surface area contributed by atoms with Crippen LogP contribution in [0.25, 0.3) is 10.6 Å². The normalized spacial score (nSPS) is 11.7. The lowest BCUT2D eigenvalue weighted by atomic mass is 10.0. The molecule has 0 spiro atoms. The molecule has 3 rings (SSSR count). The molecule has 0 saturated heterocycles. The largest absolute Gasteiger partial charge is 0.480 e. The number of aryl methyl sites for hydroxylation is 2. The highest BCUT2D eigenvalue weighted by molar-refractivity contribution is 7.15. The standard InChI is InChI=1S/C27H29Cl2NO3S/c1-15(2)25-22(30-26(34-25)20-9-8-19(28)14-21(20)29)10-11-23(32)18-7-12-24(16(3)13-18)33-27(5,6)17(4)31/h7-9,12-15H,10-11H2,1-6H3. The van der Waals surface area contributed by atoms with Crippen LogP contribution in [-0.2, 0) is 11.2 Å². The third-order valence-corrected chi connectivity index (χ3v) is 7.69. The number of hydrogen-bond donors (Lipinski definition) is 0. The topological polar surface area (TPSA) is 56.3 Å². The van der Waals surface area contributed by atoms with Gasteiger partial charge in [-0.1, -0.05) is 37.0 Å². The number of Topliss-reactive ketones (excluding diaryl/α,β-unsaturated/α-hetero) is 2. The molecule has 0 bridgehead atoms. The third kappa shape index (κ3) is 6.07. The fraction of sp³-hybridized carbons (Fsp3) is 0.370. The Balaban J connectivity index is 1.77. The molecule has 0 saturated carbocycles. The van der Waals surface area contributed by atoms with Crippen LogP contribution in [0.4, 0.5) is 0 Å². The smallest absolute Gasteiger partial charge is 0.172 e. The lowest BCUT2D eigenvalue weighted by molar-refractivity contribution is -0.129. The van der Waals surface area contributed by atoms with E-state index in [4.69, 9.17) is 32.9 Å². The SMILES string of the molecule is CC(=O)C(C)(C)Oc1ccc(C(=O)CCc2nc(-c3ccc(Cl)cc3Cl)sc2C(C)C)cc1C. The molecule has 0 atom stereocenters. The summed E-state index contributed by atoms with van der Waals surface area (Å²) in [5.41, 5.74) is 2.28. The van der Waals surface area contributed by atoms with Gasteiger partial charge in [-0.25, -0.2) is 4.98 Å². The van der Waals surface area contributed by atoms with E-state index in [1.54, 1.807) is 49.4 Å². The van der Waals surface area contributed by atoms with Gasteiger partial charge in [-0.3, -0.25) is 9.59 Å². The summed E-state index contributed by atoms with van der Waals surface area (Å²) in [5.74, 6) is 0.860. The molecule has 0 unspecified atom stereocenters. The molecule has 0 aliphatic carbocycles. The van der Waals surface area contributed by atoms with Gasteiger partial charge in [0.05, 0.1) is 10.7 Å². The van der Waals surface area contributed by atoms with Crippen LogP contribution in [0, 0.1) is 6.92 Å². The fourth-order valence-electron chi connectivity index (χ4n) is 3.43. The summed E-state index contributed by atoms with van der Waals surface area (Å²) in [6.45, 7) is 11.1. The predicted molar refractivity (Wildman–Crippen MR) is 141 cm³/mol. The first-order valence-corrected chi connectivity index (χ1v) is 12.7. The maximum absolute atomic E-state index is 13.0. The molecule has 0 aliphatic rings. The number of ketones is 2. The molecule has 0 aliphatic heterocycles. The van der Waals surface area contributed by atoms with Gasteiger partial charge >= 0.3 is 0 Å². The number of hydrogen-bond acceptors (Lipinski definition) is 5. The van der Waals surface area contributed by atoms with Crippen molar-refractivity contribution >= 4 is 46.1 Å². The first-order valence-electron chi connectivity index (χ1n) is 11.2. The van der Waals surface area contributed by atoms with Gasteiger partial charge in [0.1, 0.15) is 10.8 Å². The number of carbonyl (C=O) groups excluding carboxylic acids is 2. The summed E-state index contributed by atoms with van der Waals surface area (Å²) in [6, 6.07) is 10.7. The summed E-state index contributed by atoms with van der Waals surface area (Å²) in [7, 11) is 0. The van der Waals surface area contributed by atoms with E-state index < -0.39 is 5.60 Å². The lowest BCUT2D eigenvalue weighted by Crippen LogP contribution is -2.36. The van der Waals surface area contributed by atoms with Crippen LogP contribution in [0.15, 0.2) is 36.4 Å². The first-order chi connectivity index (χ1) is 15.9. The molecular formula is C27H29Cl2NO3S. The molecular weight excluding hydrogens is 489 g/mol. The maximum atomic E-state index is 13.0. The van der Waals surface area contributed by atoms with E-state index in [0.717, 1.165) is 26.7 Å². The van der Waals surface area contributed by atoms with Crippen molar-refractivity contribution in [3.63, 3.8) is 0 Å². The minimum atomic E-state index is -0.918. The number of aromatic nitrogens is 1. The van der Waals surface area contributed by atoms with Gasteiger partial charge in [0, 0.05) is 27.4 Å². The van der Waals surface area contributed by atoms with Crippen molar-refractivity contribution in [2.75, 3.05) is 0 Å². The van der Waals surface area contributed by atoms with Gasteiger partial charge in [0.25, 0.3) is 0 Å². The minimum absolute atomic E-state index is 0.0364. The molecule has 3 aromatic rings. The fourth-order valence-corrected chi connectivity index (χ4v) is 5.14. The van der Waals surface area contributed by atoms with Crippen molar-refractivity contribution in [3.8, 4) is 16.3 Å². The van der Waals surface area contributed by atoms with Crippen LogP contribution >= 0.6 is 34.5 Å². The lowest BCUT2D eigenvalue weighted by Gasteiger charge is -2.24. The highest BCUT2D eigenvalue weighted by Gasteiger charge is 2.26. The number of benzene rings is 2. The second-order valence-corrected chi connectivity index (χ2v) is 11.1. The van der Waals surface area contributed by atoms with Crippen LogP contribution in [0.1, 0.15) is 73.4 Å². The molecule has 0 N–H and O–H groups in total. The zero-order chi connectivity index (χ0) is 25.2. The summed E-state index contributed by atoms with van der Waals surface area (Å²) < 4.78 is 5.87. The molecule has 34 heavy (non-hydrogen) atoms. The Bertz CT molecular complexity index is 1230. The molecule has 0 amide bonds. The van der Waals surface area contributed by atoms with Crippen LogP contribution < -0.4 is 4.74 Å². The predicted octanol–water partition coefficient (Wildman–Crippen LogP) is 8.11. The molecule has 0 fully saturated rings. The van der Waals surface area contributed by atoms with Gasteiger partial charge < -0.3 is 4.74 Å². The number of thiazole rings is 1. The highest BCUT2D eigenvalue weighted by Crippen LogP contribution is 2.37. The summed E-state index contributed by atoms with van der Waals surface area (Å²) in [6.07, 6.45) is 0.887. The Labute approximate surface area is 215 Å². The molecule has 4 nitrogen and oxygen atoms in total. The second kappa shape index (κ2) is 10.6. The van der Waals surface area contributed by atoms with Gasteiger partial charge in [-0.2, -0.15) is 0 Å². The van der Waals surface area contributed by atoms with Crippen LogP contribution in [0.5, 0.6) is 5.75 Å². The van der Waals surface area contributed by atoms with Crippen molar-refractivity contribution in [2.45, 2.75) is 65.9 Å². The molecule has 180 valence electrons.